The second-order valence-electron chi connectivity index (χ2n) is 14.3. The van der Waals surface area contributed by atoms with Crippen molar-refractivity contribution in [2.24, 2.45) is 0 Å². The standard InChI is InChI=1S/C49H39N3OP2/c1-54(2)41-19-11-16-34(29-41)38-26-39(35-17-12-20-42(30-35)55(3)4)28-40(27-38)49-51-47(36-18-10-15-33(25-36)32-13-6-5-7-14-32)50-48(52-49)37-23-24-44-43-21-8-9-22-45(43)53-46(44)31-37/h5-31H,1-4H3. The minimum atomic E-state index is -0.255. The highest BCUT2D eigenvalue weighted by Crippen LogP contribution is 2.37. The molecule has 266 valence electrons. The van der Waals surface area contributed by atoms with E-state index in [9.17, 15) is 0 Å². The molecular formula is C49H39N3OP2. The van der Waals surface area contributed by atoms with Crippen LogP contribution in [0.5, 0.6) is 0 Å². The Morgan fingerprint density at radius 3 is 1.42 bits per heavy atom. The van der Waals surface area contributed by atoms with Gasteiger partial charge in [0.2, 0.25) is 0 Å². The van der Waals surface area contributed by atoms with Gasteiger partial charge in [-0.05, 0) is 125 Å². The van der Waals surface area contributed by atoms with Crippen molar-refractivity contribution >= 4 is 48.4 Å². The minimum Gasteiger partial charge on any atom is -0.456 e. The van der Waals surface area contributed by atoms with Gasteiger partial charge in [-0.2, -0.15) is 0 Å². The Morgan fingerprint density at radius 2 is 0.782 bits per heavy atom. The van der Waals surface area contributed by atoms with Gasteiger partial charge in [0.05, 0.1) is 0 Å². The zero-order valence-corrected chi connectivity index (χ0v) is 33.0. The highest BCUT2D eigenvalue weighted by molar-refractivity contribution is 7.64. The van der Waals surface area contributed by atoms with Gasteiger partial charge >= 0.3 is 0 Å². The summed E-state index contributed by atoms with van der Waals surface area (Å²) in [4.78, 5) is 15.7. The molecule has 0 amide bonds. The first-order valence-electron chi connectivity index (χ1n) is 18.4. The quantitative estimate of drug-likeness (QED) is 0.145. The maximum Gasteiger partial charge on any atom is 0.164 e. The monoisotopic (exact) mass is 747 g/mol. The Balaban J connectivity index is 1.26. The Morgan fingerprint density at radius 1 is 0.327 bits per heavy atom. The molecule has 4 nitrogen and oxygen atoms in total. The molecule has 0 spiro atoms. The molecule has 0 fully saturated rings. The molecule has 0 N–H and O–H groups in total. The van der Waals surface area contributed by atoms with Gasteiger partial charge < -0.3 is 4.42 Å². The average molecular weight is 748 g/mol. The van der Waals surface area contributed by atoms with Gasteiger partial charge in [0.1, 0.15) is 11.2 Å². The number of nitrogens with zero attached hydrogens (tertiary/aromatic N) is 3. The lowest BCUT2D eigenvalue weighted by Crippen LogP contribution is -2.02. The summed E-state index contributed by atoms with van der Waals surface area (Å²) in [6.45, 7) is 9.22. The van der Waals surface area contributed by atoms with E-state index < -0.39 is 0 Å². The van der Waals surface area contributed by atoms with Crippen molar-refractivity contribution in [2.75, 3.05) is 26.7 Å². The molecule has 2 aromatic heterocycles. The summed E-state index contributed by atoms with van der Waals surface area (Å²) >= 11 is 0. The fourth-order valence-electron chi connectivity index (χ4n) is 7.11. The van der Waals surface area contributed by atoms with E-state index in [1.54, 1.807) is 0 Å². The molecule has 0 aliphatic rings. The van der Waals surface area contributed by atoms with Crippen molar-refractivity contribution in [3.05, 3.63) is 164 Å². The van der Waals surface area contributed by atoms with E-state index in [0.717, 1.165) is 60.9 Å². The van der Waals surface area contributed by atoms with E-state index in [0.29, 0.717) is 17.5 Å². The number of rotatable bonds is 8. The molecule has 0 atom stereocenters. The summed E-state index contributed by atoms with van der Waals surface area (Å²) in [5.41, 5.74) is 11.3. The van der Waals surface area contributed by atoms with Crippen molar-refractivity contribution < 1.29 is 4.42 Å². The largest absolute Gasteiger partial charge is 0.456 e. The van der Waals surface area contributed by atoms with Gasteiger partial charge in [0, 0.05) is 27.5 Å². The lowest BCUT2D eigenvalue weighted by atomic mass is 9.95. The average Bonchev–Trinajstić information content (AvgIpc) is 3.62. The molecule has 0 saturated carbocycles. The normalized spacial score (nSPS) is 11.6. The fraction of sp³-hybridized carbons (Fsp3) is 0.0816. The third-order valence-corrected chi connectivity index (χ3v) is 12.7. The number of para-hydroxylation sites is 1. The molecule has 0 radical (unpaired) electrons. The number of furan rings is 1. The summed E-state index contributed by atoms with van der Waals surface area (Å²) in [5, 5.41) is 4.90. The second kappa shape index (κ2) is 14.8. The molecule has 6 heteroatoms. The number of benzene rings is 7. The van der Waals surface area contributed by atoms with Gasteiger partial charge in [-0.25, -0.2) is 15.0 Å². The molecule has 0 unspecified atom stereocenters. The molecule has 0 saturated heterocycles. The number of aromatic nitrogens is 3. The smallest absolute Gasteiger partial charge is 0.164 e. The van der Waals surface area contributed by atoms with Gasteiger partial charge in [0.15, 0.2) is 17.5 Å². The van der Waals surface area contributed by atoms with E-state index in [4.69, 9.17) is 19.4 Å². The van der Waals surface area contributed by atoms with Crippen molar-refractivity contribution in [3.63, 3.8) is 0 Å². The van der Waals surface area contributed by atoms with Gasteiger partial charge in [-0.1, -0.05) is 125 Å². The van der Waals surface area contributed by atoms with Crippen LogP contribution < -0.4 is 10.6 Å². The highest BCUT2D eigenvalue weighted by atomic mass is 31.1. The summed E-state index contributed by atoms with van der Waals surface area (Å²) in [6.07, 6.45) is 0. The van der Waals surface area contributed by atoms with E-state index in [1.165, 1.54) is 21.7 Å². The molecule has 9 aromatic rings. The minimum absolute atomic E-state index is 0.255. The van der Waals surface area contributed by atoms with Crippen LogP contribution in [-0.2, 0) is 0 Å². The molecule has 0 bridgehead atoms. The van der Waals surface area contributed by atoms with E-state index in [1.807, 2.05) is 24.3 Å². The SMILES string of the molecule is CP(C)c1cccc(-c2cc(-c3cccc(P(C)C)c3)cc(-c3nc(-c4cccc(-c5ccccc5)c4)nc(-c4ccc5c(c4)oc4ccccc45)n3)c2)c1. The van der Waals surface area contributed by atoms with Crippen LogP contribution in [0.2, 0.25) is 0 Å². The Hall–Kier alpha value is -5.79. The summed E-state index contributed by atoms with van der Waals surface area (Å²) in [7, 11) is -0.510. The Kier molecular flexibility index (Phi) is 9.40. The van der Waals surface area contributed by atoms with Gasteiger partial charge in [0.25, 0.3) is 0 Å². The lowest BCUT2D eigenvalue weighted by molar-refractivity contribution is 0.669. The molecule has 0 aliphatic carbocycles. The van der Waals surface area contributed by atoms with Crippen LogP contribution in [0.3, 0.4) is 0 Å². The number of hydrogen-bond donors (Lipinski definition) is 0. The molecule has 55 heavy (non-hydrogen) atoms. The first-order chi connectivity index (χ1) is 26.9. The maximum absolute atomic E-state index is 6.32. The van der Waals surface area contributed by atoms with Gasteiger partial charge in [-0.15, -0.1) is 0 Å². The molecule has 7 aromatic carbocycles. The number of hydrogen-bond acceptors (Lipinski definition) is 4. The summed E-state index contributed by atoms with van der Waals surface area (Å²) in [6, 6.07) is 58.0. The highest BCUT2D eigenvalue weighted by Gasteiger charge is 2.17. The third-order valence-electron chi connectivity index (χ3n) is 10.1. The zero-order chi connectivity index (χ0) is 37.5. The molecular weight excluding hydrogens is 709 g/mol. The van der Waals surface area contributed by atoms with Gasteiger partial charge in [-0.3, -0.25) is 0 Å². The van der Waals surface area contributed by atoms with Crippen LogP contribution in [0.25, 0.3) is 89.5 Å². The van der Waals surface area contributed by atoms with E-state index in [-0.39, 0.29) is 15.8 Å². The maximum atomic E-state index is 6.32. The van der Waals surface area contributed by atoms with Crippen LogP contribution >= 0.6 is 15.8 Å². The van der Waals surface area contributed by atoms with Crippen LogP contribution in [0.1, 0.15) is 0 Å². The Labute approximate surface area is 324 Å². The molecule has 0 aliphatic heterocycles. The lowest BCUT2D eigenvalue weighted by Gasteiger charge is -2.15. The van der Waals surface area contributed by atoms with Crippen molar-refractivity contribution in [3.8, 4) is 67.5 Å². The zero-order valence-electron chi connectivity index (χ0n) is 31.2. The van der Waals surface area contributed by atoms with Crippen LogP contribution in [0, 0.1) is 0 Å². The van der Waals surface area contributed by atoms with Crippen molar-refractivity contribution in [2.45, 2.75) is 0 Å². The second-order valence-corrected chi connectivity index (χ2v) is 18.9. The number of fused-ring (bicyclic) bond motifs is 3. The summed E-state index contributed by atoms with van der Waals surface area (Å²) in [5.74, 6) is 1.82. The van der Waals surface area contributed by atoms with Crippen molar-refractivity contribution in [1.82, 2.24) is 15.0 Å². The summed E-state index contributed by atoms with van der Waals surface area (Å²) < 4.78 is 6.32. The first kappa shape index (κ1) is 34.9. The van der Waals surface area contributed by atoms with Crippen LogP contribution in [0.4, 0.5) is 0 Å². The predicted octanol–water partition coefficient (Wildman–Crippen LogP) is 12.5. The van der Waals surface area contributed by atoms with Crippen LogP contribution in [-0.4, -0.2) is 41.6 Å². The topological polar surface area (TPSA) is 51.8 Å². The fourth-order valence-corrected chi connectivity index (χ4v) is 8.68. The van der Waals surface area contributed by atoms with Crippen molar-refractivity contribution in [1.29, 1.82) is 0 Å². The van der Waals surface area contributed by atoms with E-state index in [2.05, 4.69) is 166 Å². The predicted molar refractivity (Wildman–Crippen MR) is 237 cm³/mol. The molecule has 9 rings (SSSR count). The molecule has 2 heterocycles. The van der Waals surface area contributed by atoms with E-state index >= 15 is 0 Å². The third kappa shape index (κ3) is 7.12. The Bertz CT molecular complexity index is 2770. The first-order valence-corrected chi connectivity index (χ1v) is 22.9. The van der Waals surface area contributed by atoms with Crippen LogP contribution in [0.15, 0.2) is 168 Å².